The van der Waals surface area contributed by atoms with Crippen LogP contribution in [0.1, 0.15) is 18.4 Å². The summed E-state index contributed by atoms with van der Waals surface area (Å²) in [5.41, 5.74) is 1.09. The molecule has 2 aliphatic rings. The molecule has 2 fully saturated rings. The number of carbonyl (C=O) groups is 1. The second-order valence-electron chi connectivity index (χ2n) is 6.61. The largest absolute Gasteiger partial charge is 0.344 e. The number of amides is 1. The van der Waals surface area contributed by atoms with Crippen molar-refractivity contribution in [2.45, 2.75) is 19.3 Å². The van der Waals surface area contributed by atoms with Crippen LogP contribution in [-0.4, -0.2) is 56.0 Å². The molecule has 2 heterocycles. The van der Waals surface area contributed by atoms with Gasteiger partial charge in [0.2, 0.25) is 16.4 Å². The normalized spacial score (nSPS) is 21.2. The molecule has 1 aromatic rings. The molecule has 0 unspecified atom stereocenters. The molecule has 1 aromatic carbocycles. The van der Waals surface area contributed by atoms with E-state index in [1.54, 1.807) is 15.3 Å². The smallest absolute Gasteiger partial charge is 0.214 e. The number of nitrogens with zero attached hydrogens (tertiary/aromatic N) is 2. The number of hydrogen-bond donors (Lipinski definition) is 0. The molecule has 0 radical (unpaired) electrons. The van der Waals surface area contributed by atoms with Gasteiger partial charge in [0.1, 0.15) is 0 Å². The highest BCUT2D eigenvalue weighted by Crippen LogP contribution is 2.40. The average molecular weight is 357 g/mol. The number of carbonyl (C=O) groups excluding carboxylic acids is 1. The topological polar surface area (TPSA) is 57.7 Å². The van der Waals surface area contributed by atoms with E-state index in [1.807, 2.05) is 18.2 Å². The van der Waals surface area contributed by atoms with Crippen molar-refractivity contribution in [2.24, 2.45) is 5.41 Å². The number of likely N-dealkylation sites (tertiary alicyclic amines) is 1. The molecule has 23 heavy (non-hydrogen) atoms. The van der Waals surface area contributed by atoms with E-state index in [0.29, 0.717) is 24.5 Å². The monoisotopic (exact) mass is 356 g/mol. The van der Waals surface area contributed by atoms with Crippen molar-refractivity contribution in [2.75, 3.05) is 31.9 Å². The third kappa shape index (κ3) is 3.70. The average Bonchev–Trinajstić information content (AvgIpc) is 2.51. The van der Waals surface area contributed by atoms with E-state index < -0.39 is 10.0 Å². The molecule has 0 bridgehead atoms. The van der Waals surface area contributed by atoms with Crippen molar-refractivity contribution in [1.82, 2.24) is 9.21 Å². The molecule has 5 nitrogen and oxygen atoms in total. The van der Waals surface area contributed by atoms with Gasteiger partial charge < -0.3 is 4.90 Å². The SMILES string of the molecule is O=CN1CC2(CCN(S(=O)(=O)CCc3cccc(Cl)c3)CC2)C1. The van der Waals surface area contributed by atoms with E-state index in [2.05, 4.69) is 0 Å². The summed E-state index contributed by atoms with van der Waals surface area (Å²) in [6.45, 7) is 2.66. The lowest BCUT2D eigenvalue weighted by Gasteiger charge is -2.52. The number of sulfonamides is 1. The van der Waals surface area contributed by atoms with Gasteiger partial charge in [-0.3, -0.25) is 4.79 Å². The van der Waals surface area contributed by atoms with Crippen molar-refractivity contribution in [3.05, 3.63) is 34.9 Å². The number of aryl methyl sites for hydroxylation is 1. The van der Waals surface area contributed by atoms with Gasteiger partial charge >= 0.3 is 0 Å². The Bertz CT molecular complexity index is 676. The fourth-order valence-corrected chi connectivity index (χ4v) is 5.22. The van der Waals surface area contributed by atoms with Crippen molar-refractivity contribution in [1.29, 1.82) is 0 Å². The Morgan fingerprint density at radius 2 is 1.91 bits per heavy atom. The standard InChI is InChI=1S/C16H21ClN2O3S/c17-15-3-1-2-14(10-15)4-9-23(21,22)19-7-5-16(6-8-19)11-18(12-16)13-20/h1-3,10,13H,4-9,11-12H2. The Morgan fingerprint density at radius 3 is 2.52 bits per heavy atom. The van der Waals surface area contributed by atoms with Crippen LogP contribution in [0.4, 0.5) is 0 Å². The van der Waals surface area contributed by atoms with Crippen LogP contribution >= 0.6 is 11.6 Å². The molecule has 0 saturated carbocycles. The summed E-state index contributed by atoms with van der Waals surface area (Å²) in [4.78, 5) is 12.4. The summed E-state index contributed by atoms with van der Waals surface area (Å²) in [6.07, 6.45) is 3.03. The molecule has 126 valence electrons. The van der Waals surface area contributed by atoms with Gasteiger partial charge in [-0.2, -0.15) is 0 Å². The van der Waals surface area contributed by atoms with Crippen molar-refractivity contribution in [3.8, 4) is 0 Å². The molecule has 7 heteroatoms. The second-order valence-corrected chi connectivity index (χ2v) is 9.13. The van der Waals surface area contributed by atoms with Gasteiger partial charge in [0.25, 0.3) is 0 Å². The van der Waals surface area contributed by atoms with Gasteiger partial charge in [0.05, 0.1) is 5.75 Å². The first kappa shape index (κ1) is 16.7. The molecule has 0 aliphatic carbocycles. The summed E-state index contributed by atoms with van der Waals surface area (Å²) in [7, 11) is -3.24. The molecule has 0 atom stereocenters. The second kappa shape index (κ2) is 6.42. The Kier molecular flexibility index (Phi) is 4.67. The van der Waals surface area contributed by atoms with Crippen molar-refractivity contribution >= 4 is 28.0 Å². The maximum Gasteiger partial charge on any atom is 0.214 e. The minimum Gasteiger partial charge on any atom is -0.344 e. The molecule has 1 spiro atoms. The fourth-order valence-electron chi connectivity index (χ4n) is 3.51. The predicted octanol–water partition coefficient (Wildman–Crippen LogP) is 1.77. The Morgan fingerprint density at radius 1 is 1.22 bits per heavy atom. The number of hydrogen-bond acceptors (Lipinski definition) is 3. The zero-order valence-corrected chi connectivity index (χ0v) is 14.5. The molecule has 2 aliphatic heterocycles. The van der Waals surface area contributed by atoms with Crippen LogP contribution in [-0.2, 0) is 21.2 Å². The highest BCUT2D eigenvalue weighted by Gasteiger charge is 2.45. The van der Waals surface area contributed by atoms with Crippen LogP contribution in [0.3, 0.4) is 0 Å². The third-order valence-electron chi connectivity index (χ3n) is 4.94. The number of piperidine rings is 1. The molecule has 0 aromatic heterocycles. The van der Waals surface area contributed by atoms with Gasteiger partial charge in [0, 0.05) is 36.6 Å². The van der Waals surface area contributed by atoms with Gasteiger partial charge in [-0.15, -0.1) is 0 Å². The Hall–Kier alpha value is -1.11. The van der Waals surface area contributed by atoms with Gasteiger partial charge in [-0.25, -0.2) is 12.7 Å². The lowest BCUT2D eigenvalue weighted by atomic mass is 9.73. The van der Waals surface area contributed by atoms with E-state index >= 15 is 0 Å². The van der Waals surface area contributed by atoms with E-state index in [0.717, 1.165) is 37.9 Å². The van der Waals surface area contributed by atoms with Crippen LogP contribution in [0.25, 0.3) is 0 Å². The summed E-state index contributed by atoms with van der Waals surface area (Å²) in [6, 6.07) is 7.33. The quantitative estimate of drug-likeness (QED) is 0.755. The maximum atomic E-state index is 12.5. The summed E-state index contributed by atoms with van der Waals surface area (Å²) >= 11 is 5.93. The first-order chi connectivity index (χ1) is 10.9. The molecule has 1 amide bonds. The summed E-state index contributed by atoms with van der Waals surface area (Å²) in [5, 5.41) is 0.629. The van der Waals surface area contributed by atoms with Crippen LogP contribution in [0, 0.1) is 5.41 Å². The Balaban J connectivity index is 1.54. The summed E-state index contributed by atoms with van der Waals surface area (Å²) < 4.78 is 26.6. The van der Waals surface area contributed by atoms with Gasteiger partial charge in [-0.05, 0) is 37.0 Å². The number of rotatable bonds is 5. The molecule has 2 saturated heterocycles. The number of benzene rings is 1. The minimum absolute atomic E-state index is 0.112. The maximum absolute atomic E-state index is 12.5. The molecule has 3 rings (SSSR count). The van der Waals surface area contributed by atoms with E-state index in [1.165, 1.54) is 0 Å². The predicted molar refractivity (Wildman–Crippen MR) is 89.8 cm³/mol. The zero-order chi connectivity index (χ0) is 16.5. The zero-order valence-electron chi connectivity index (χ0n) is 12.9. The third-order valence-corrected chi connectivity index (χ3v) is 7.05. The lowest BCUT2D eigenvalue weighted by Crippen LogP contribution is -2.60. The minimum atomic E-state index is -3.24. The molecular weight excluding hydrogens is 336 g/mol. The van der Waals surface area contributed by atoms with E-state index in [9.17, 15) is 13.2 Å². The molecule has 0 N–H and O–H groups in total. The van der Waals surface area contributed by atoms with Gasteiger partial charge in [-0.1, -0.05) is 23.7 Å². The van der Waals surface area contributed by atoms with Gasteiger partial charge in [0.15, 0.2) is 0 Å². The Labute approximate surface area is 142 Å². The van der Waals surface area contributed by atoms with E-state index in [4.69, 9.17) is 11.6 Å². The lowest BCUT2D eigenvalue weighted by molar-refractivity contribution is -0.131. The van der Waals surface area contributed by atoms with Crippen LogP contribution in [0.2, 0.25) is 5.02 Å². The van der Waals surface area contributed by atoms with Crippen LogP contribution < -0.4 is 0 Å². The molecular formula is C16H21ClN2O3S. The highest BCUT2D eigenvalue weighted by atomic mass is 35.5. The van der Waals surface area contributed by atoms with Crippen molar-refractivity contribution in [3.63, 3.8) is 0 Å². The van der Waals surface area contributed by atoms with Crippen LogP contribution in [0.5, 0.6) is 0 Å². The van der Waals surface area contributed by atoms with Crippen LogP contribution in [0.15, 0.2) is 24.3 Å². The number of halogens is 1. The van der Waals surface area contributed by atoms with Crippen molar-refractivity contribution < 1.29 is 13.2 Å². The first-order valence-electron chi connectivity index (χ1n) is 7.84. The summed E-state index contributed by atoms with van der Waals surface area (Å²) in [5.74, 6) is 0.112. The van der Waals surface area contributed by atoms with E-state index in [-0.39, 0.29) is 11.2 Å². The highest BCUT2D eigenvalue weighted by molar-refractivity contribution is 7.89. The fraction of sp³-hybridized carbons (Fsp3) is 0.562. The first-order valence-corrected chi connectivity index (χ1v) is 9.83.